The quantitative estimate of drug-likeness (QED) is 0.374. The van der Waals surface area contributed by atoms with Gasteiger partial charge in [0.15, 0.2) is 0 Å². The minimum absolute atomic E-state index is 0.887. The van der Waals surface area contributed by atoms with Crippen molar-refractivity contribution in [1.29, 1.82) is 0 Å². The first kappa shape index (κ1) is 12.4. The highest BCUT2D eigenvalue weighted by atomic mass is 14.7. The summed E-state index contributed by atoms with van der Waals surface area (Å²) in [4.78, 5) is 3.88. The average Bonchev–Trinajstić information content (AvgIpc) is 2.21. The molecule has 2 heteroatoms. The molecule has 2 N–H and O–H groups in total. The van der Waals surface area contributed by atoms with Crippen LogP contribution in [0.25, 0.3) is 0 Å². The predicted molar refractivity (Wildman–Crippen MR) is 64.1 cm³/mol. The van der Waals surface area contributed by atoms with Gasteiger partial charge in [0.1, 0.15) is 0 Å². The second kappa shape index (κ2) is 9.52. The van der Waals surface area contributed by atoms with E-state index < -0.39 is 0 Å². The van der Waals surface area contributed by atoms with Gasteiger partial charge in [-0.15, -0.1) is 0 Å². The van der Waals surface area contributed by atoms with Crippen LogP contribution >= 0.6 is 0 Å². The molecule has 0 amide bonds. The molecule has 0 spiro atoms. The molecule has 0 bridgehead atoms. The van der Waals surface area contributed by atoms with Crippen molar-refractivity contribution in [3.8, 4) is 0 Å². The number of rotatable bonds is 7. The van der Waals surface area contributed by atoms with E-state index in [9.17, 15) is 0 Å². The first-order valence-corrected chi connectivity index (χ1v) is 4.65. The normalized spacial score (nSPS) is 12.4. The van der Waals surface area contributed by atoms with Crippen molar-refractivity contribution in [3.63, 3.8) is 0 Å². The van der Waals surface area contributed by atoms with Crippen LogP contribution in [-0.4, -0.2) is 6.72 Å². The Hall–Kier alpha value is -1.57. The molecular weight excluding hydrogens is 172 g/mol. The van der Waals surface area contributed by atoms with Crippen molar-refractivity contribution < 1.29 is 0 Å². The Kier molecular flexibility index (Phi) is 8.45. The molecule has 14 heavy (non-hydrogen) atoms. The maximum absolute atomic E-state index is 5.19. The monoisotopic (exact) mass is 190 g/mol. The summed E-state index contributed by atoms with van der Waals surface area (Å²) in [6.07, 6.45) is 14.0. The van der Waals surface area contributed by atoms with E-state index in [1.165, 1.54) is 0 Å². The number of hydrogen-bond acceptors (Lipinski definition) is 2. The lowest BCUT2D eigenvalue weighted by Crippen LogP contribution is -1.77. The molecular formula is C12H18N2. The van der Waals surface area contributed by atoms with E-state index in [4.69, 9.17) is 5.73 Å². The van der Waals surface area contributed by atoms with Gasteiger partial charge in [-0.05, 0) is 38.3 Å². The zero-order chi connectivity index (χ0) is 10.6. The molecule has 76 valence electrons. The summed E-state index contributed by atoms with van der Waals surface area (Å²) in [7, 11) is 0. The van der Waals surface area contributed by atoms with Crippen LogP contribution in [0.15, 0.2) is 53.8 Å². The largest absolute Gasteiger partial charge is 0.405 e. The van der Waals surface area contributed by atoms with Crippen LogP contribution in [0.1, 0.15) is 19.3 Å². The van der Waals surface area contributed by atoms with Gasteiger partial charge < -0.3 is 5.73 Å². The standard InChI is InChI=1S/C12H18N2/c1-3-9-12(14-2)10-7-5-4-6-8-11-13/h3-5,8-9,11H,1-2,6-7,10,13H2/b5-4-,11-8-,12-9-. The zero-order valence-electron chi connectivity index (χ0n) is 8.52. The summed E-state index contributed by atoms with van der Waals surface area (Å²) in [6, 6.07) is 0. The summed E-state index contributed by atoms with van der Waals surface area (Å²) >= 11 is 0. The van der Waals surface area contributed by atoms with E-state index >= 15 is 0 Å². The molecule has 0 radical (unpaired) electrons. The smallest absolute Gasteiger partial charge is 0.0399 e. The first-order chi connectivity index (χ1) is 6.85. The van der Waals surface area contributed by atoms with Crippen LogP contribution in [0.5, 0.6) is 0 Å². The maximum Gasteiger partial charge on any atom is 0.0399 e. The average molecular weight is 190 g/mol. The van der Waals surface area contributed by atoms with Gasteiger partial charge in [-0.2, -0.15) is 0 Å². The van der Waals surface area contributed by atoms with Gasteiger partial charge >= 0.3 is 0 Å². The molecule has 0 aromatic rings. The van der Waals surface area contributed by atoms with Crippen LogP contribution in [0, 0.1) is 0 Å². The van der Waals surface area contributed by atoms with E-state index in [-0.39, 0.29) is 0 Å². The lowest BCUT2D eigenvalue weighted by atomic mass is 10.2. The van der Waals surface area contributed by atoms with Gasteiger partial charge in [0.2, 0.25) is 0 Å². The molecule has 0 rings (SSSR count). The van der Waals surface area contributed by atoms with Crippen LogP contribution in [-0.2, 0) is 0 Å². The Labute approximate surface area is 86.2 Å². The van der Waals surface area contributed by atoms with Gasteiger partial charge in [-0.25, -0.2) is 0 Å². The van der Waals surface area contributed by atoms with Gasteiger partial charge in [0.25, 0.3) is 0 Å². The Morgan fingerprint density at radius 1 is 1.29 bits per heavy atom. The van der Waals surface area contributed by atoms with E-state index in [0.717, 1.165) is 25.0 Å². The third kappa shape index (κ3) is 7.10. The van der Waals surface area contributed by atoms with Crippen molar-refractivity contribution in [2.45, 2.75) is 19.3 Å². The highest BCUT2D eigenvalue weighted by Gasteiger charge is 1.88. The van der Waals surface area contributed by atoms with Crippen LogP contribution in [0.4, 0.5) is 0 Å². The minimum atomic E-state index is 0.887. The topological polar surface area (TPSA) is 38.4 Å². The molecule has 0 saturated carbocycles. The molecule has 0 aromatic carbocycles. The SMILES string of the molecule is C=C/C=C(/CC/C=C\C/C=C\N)N=C. The molecule has 0 aliphatic rings. The minimum Gasteiger partial charge on any atom is -0.405 e. The zero-order valence-corrected chi connectivity index (χ0v) is 8.52. The maximum atomic E-state index is 5.19. The summed E-state index contributed by atoms with van der Waals surface area (Å²) < 4.78 is 0. The Morgan fingerprint density at radius 2 is 2.07 bits per heavy atom. The van der Waals surface area contributed by atoms with E-state index in [1.807, 2.05) is 12.2 Å². The Bertz CT molecular complexity index is 247. The van der Waals surface area contributed by atoms with Gasteiger partial charge in [0, 0.05) is 5.70 Å². The second-order valence-electron chi connectivity index (χ2n) is 2.73. The number of nitrogens with two attached hydrogens (primary N) is 1. The molecule has 0 aromatic heterocycles. The van der Waals surface area contributed by atoms with Crippen LogP contribution < -0.4 is 5.73 Å². The molecule has 0 atom stereocenters. The summed E-state index contributed by atoms with van der Waals surface area (Å²) in [5.74, 6) is 0. The lowest BCUT2D eigenvalue weighted by Gasteiger charge is -1.95. The number of aliphatic imine (C=N–C) groups is 1. The van der Waals surface area contributed by atoms with E-state index in [0.29, 0.717) is 0 Å². The highest BCUT2D eigenvalue weighted by molar-refractivity contribution is 5.30. The molecule has 0 aliphatic carbocycles. The Morgan fingerprint density at radius 3 is 2.64 bits per heavy atom. The third-order valence-corrected chi connectivity index (χ3v) is 1.66. The molecule has 0 saturated heterocycles. The fraction of sp³-hybridized carbons (Fsp3) is 0.250. The summed E-state index contributed by atoms with van der Waals surface area (Å²) in [5.41, 5.74) is 6.17. The fourth-order valence-electron chi connectivity index (χ4n) is 0.954. The number of hydrogen-bond donors (Lipinski definition) is 1. The van der Waals surface area contributed by atoms with Crippen molar-refractivity contribution in [2.24, 2.45) is 10.7 Å². The first-order valence-electron chi connectivity index (χ1n) is 4.65. The summed E-state index contributed by atoms with van der Waals surface area (Å²) in [5, 5.41) is 0. The predicted octanol–water partition coefficient (Wildman–Crippen LogP) is 2.96. The van der Waals surface area contributed by atoms with Crippen molar-refractivity contribution in [2.75, 3.05) is 0 Å². The second-order valence-corrected chi connectivity index (χ2v) is 2.73. The van der Waals surface area contributed by atoms with Crippen LogP contribution in [0.3, 0.4) is 0 Å². The van der Waals surface area contributed by atoms with Crippen LogP contribution in [0.2, 0.25) is 0 Å². The van der Waals surface area contributed by atoms with Crippen molar-refractivity contribution in [1.82, 2.24) is 0 Å². The van der Waals surface area contributed by atoms with Gasteiger partial charge in [-0.1, -0.05) is 30.9 Å². The molecule has 0 fully saturated rings. The van der Waals surface area contributed by atoms with Crippen molar-refractivity contribution in [3.05, 3.63) is 48.9 Å². The lowest BCUT2D eigenvalue weighted by molar-refractivity contribution is 0.960. The number of nitrogens with zero attached hydrogens (tertiary/aromatic N) is 1. The molecule has 2 nitrogen and oxygen atoms in total. The van der Waals surface area contributed by atoms with Gasteiger partial charge in [0.05, 0.1) is 0 Å². The molecule has 0 unspecified atom stereocenters. The van der Waals surface area contributed by atoms with E-state index in [2.05, 4.69) is 30.4 Å². The summed E-state index contributed by atoms with van der Waals surface area (Å²) in [6.45, 7) is 7.10. The third-order valence-electron chi connectivity index (χ3n) is 1.66. The Balaban J connectivity index is 3.71. The number of allylic oxidation sites excluding steroid dienone is 6. The highest BCUT2D eigenvalue weighted by Crippen LogP contribution is 2.06. The molecule has 0 heterocycles. The van der Waals surface area contributed by atoms with Gasteiger partial charge in [-0.3, -0.25) is 4.99 Å². The van der Waals surface area contributed by atoms with E-state index in [1.54, 1.807) is 12.3 Å². The fourth-order valence-corrected chi connectivity index (χ4v) is 0.954. The molecule has 0 aliphatic heterocycles. The van der Waals surface area contributed by atoms with Crippen molar-refractivity contribution >= 4 is 6.72 Å².